The third kappa shape index (κ3) is 3.67. The molecule has 0 aromatic carbocycles. The van der Waals surface area contributed by atoms with E-state index < -0.39 is 0 Å². The van der Waals surface area contributed by atoms with Crippen LogP contribution in [0.15, 0.2) is 12.3 Å². The van der Waals surface area contributed by atoms with Crippen molar-refractivity contribution in [3.63, 3.8) is 0 Å². The van der Waals surface area contributed by atoms with Gasteiger partial charge in [0.2, 0.25) is 0 Å². The van der Waals surface area contributed by atoms with Crippen molar-refractivity contribution in [2.75, 3.05) is 18.4 Å². The summed E-state index contributed by atoms with van der Waals surface area (Å²) in [5.74, 6) is 0.537. The van der Waals surface area contributed by atoms with Gasteiger partial charge in [0.25, 0.3) is 5.91 Å². The fraction of sp³-hybridized carbons (Fsp3) is 0.750. The first-order valence-electron chi connectivity index (χ1n) is 8.48. The monoisotopic (exact) mass is 306 g/mol. The molecule has 2 atom stereocenters. The molecule has 2 aliphatic rings. The SMILES string of the molecule is CCC(OC1CCCC1)C(=O)Nc1ccn(C2CCNC2)n1. The van der Waals surface area contributed by atoms with Crippen molar-refractivity contribution in [3.05, 3.63) is 12.3 Å². The zero-order chi connectivity index (χ0) is 15.4. The third-order valence-corrected chi connectivity index (χ3v) is 4.59. The molecule has 1 aromatic rings. The van der Waals surface area contributed by atoms with E-state index in [4.69, 9.17) is 4.74 Å². The second-order valence-electron chi connectivity index (χ2n) is 6.26. The maximum absolute atomic E-state index is 12.4. The second kappa shape index (κ2) is 7.24. The van der Waals surface area contributed by atoms with E-state index in [1.807, 2.05) is 23.9 Å². The molecule has 2 N–H and O–H groups in total. The van der Waals surface area contributed by atoms with E-state index in [1.54, 1.807) is 0 Å². The maximum Gasteiger partial charge on any atom is 0.254 e. The Bertz CT molecular complexity index is 490. The van der Waals surface area contributed by atoms with E-state index in [0.29, 0.717) is 18.3 Å². The molecular formula is C16H26N4O2. The minimum atomic E-state index is -0.374. The van der Waals surface area contributed by atoms with Gasteiger partial charge in [0.05, 0.1) is 12.1 Å². The Morgan fingerprint density at radius 2 is 2.32 bits per heavy atom. The van der Waals surface area contributed by atoms with Gasteiger partial charge < -0.3 is 15.4 Å². The van der Waals surface area contributed by atoms with E-state index in [2.05, 4.69) is 15.7 Å². The van der Waals surface area contributed by atoms with Crippen molar-refractivity contribution < 1.29 is 9.53 Å². The van der Waals surface area contributed by atoms with Gasteiger partial charge in [-0.05, 0) is 32.2 Å². The fourth-order valence-electron chi connectivity index (χ4n) is 3.28. The van der Waals surface area contributed by atoms with Gasteiger partial charge in [-0.3, -0.25) is 9.48 Å². The number of hydrogen-bond acceptors (Lipinski definition) is 4. The lowest BCUT2D eigenvalue weighted by Gasteiger charge is -2.19. The highest BCUT2D eigenvalue weighted by atomic mass is 16.5. The predicted molar refractivity (Wildman–Crippen MR) is 84.8 cm³/mol. The molecule has 1 aliphatic carbocycles. The lowest BCUT2D eigenvalue weighted by atomic mass is 10.2. The number of aromatic nitrogens is 2. The second-order valence-corrected chi connectivity index (χ2v) is 6.26. The molecule has 1 aliphatic heterocycles. The minimum Gasteiger partial charge on any atom is -0.365 e. The quantitative estimate of drug-likeness (QED) is 0.844. The highest BCUT2D eigenvalue weighted by molar-refractivity contribution is 5.93. The molecule has 0 bridgehead atoms. The van der Waals surface area contributed by atoms with Crippen molar-refractivity contribution in [1.82, 2.24) is 15.1 Å². The molecule has 122 valence electrons. The van der Waals surface area contributed by atoms with E-state index in [1.165, 1.54) is 12.8 Å². The molecule has 0 spiro atoms. The zero-order valence-electron chi connectivity index (χ0n) is 13.3. The summed E-state index contributed by atoms with van der Waals surface area (Å²) < 4.78 is 7.88. The van der Waals surface area contributed by atoms with E-state index in [0.717, 1.165) is 32.4 Å². The highest BCUT2D eigenvalue weighted by Gasteiger charge is 2.25. The molecule has 2 heterocycles. The summed E-state index contributed by atoms with van der Waals surface area (Å²) >= 11 is 0. The molecule has 1 amide bonds. The summed E-state index contributed by atoms with van der Waals surface area (Å²) in [5, 5.41) is 10.7. The van der Waals surface area contributed by atoms with Crippen LogP contribution in [0.1, 0.15) is 51.5 Å². The molecule has 2 fully saturated rings. The topological polar surface area (TPSA) is 68.2 Å². The van der Waals surface area contributed by atoms with Crippen LogP contribution in [0.2, 0.25) is 0 Å². The smallest absolute Gasteiger partial charge is 0.254 e. The molecule has 6 nitrogen and oxygen atoms in total. The summed E-state index contributed by atoms with van der Waals surface area (Å²) in [7, 11) is 0. The standard InChI is InChI=1S/C16H26N4O2/c1-2-14(22-13-5-3-4-6-13)16(21)18-15-8-10-20(19-15)12-7-9-17-11-12/h8,10,12-14,17H,2-7,9,11H2,1H3,(H,18,19,21). The number of rotatable bonds is 6. The summed E-state index contributed by atoms with van der Waals surface area (Å²) in [5.41, 5.74) is 0. The number of nitrogens with one attached hydrogen (secondary N) is 2. The molecule has 1 saturated carbocycles. The summed E-state index contributed by atoms with van der Waals surface area (Å²) in [6.07, 6.45) is 8.16. The van der Waals surface area contributed by atoms with Gasteiger partial charge in [-0.15, -0.1) is 0 Å². The first-order valence-corrected chi connectivity index (χ1v) is 8.48. The van der Waals surface area contributed by atoms with Crippen LogP contribution in [0.3, 0.4) is 0 Å². The van der Waals surface area contributed by atoms with Gasteiger partial charge in [0.15, 0.2) is 5.82 Å². The molecule has 3 rings (SSSR count). The number of carbonyl (C=O) groups excluding carboxylic acids is 1. The molecular weight excluding hydrogens is 280 g/mol. The Hall–Kier alpha value is -1.40. The van der Waals surface area contributed by atoms with Crippen molar-refractivity contribution in [3.8, 4) is 0 Å². The van der Waals surface area contributed by atoms with Gasteiger partial charge in [0.1, 0.15) is 6.10 Å². The van der Waals surface area contributed by atoms with E-state index in [9.17, 15) is 4.79 Å². The van der Waals surface area contributed by atoms with Crippen LogP contribution in [0, 0.1) is 0 Å². The fourth-order valence-corrected chi connectivity index (χ4v) is 3.28. The normalized spacial score (nSPS) is 23.8. The molecule has 6 heteroatoms. The third-order valence-electron chi connectivity index (χ3n) is 4.59. The molecule has 22 heavy (non-hydrogen) atoms. The van der Waals surface area contributed by atoms with Crippen LogP contribution in [0.5, 0.6) is 0 Å². The average molecular weight is 306 g/mol. The van der Waals surface area contributed by atoms with E-state index in [-0.39, 0.29) is 18.1 Å². The number of anilines is 1. The van der Waals surface area contributed by atoms with Crippen molar-refractivity contribution in [2.24, 2.45) is 0 Å². The lowest BCUT2D eigenvalue weighted by molar-refractivity contribution is -0.131. The number of amides is 1. The first-order chi connectivity index (χ1) is 10.8. The Kier molecular flexibility index (Phi) is 5.10. The van der Waals surface area contributed by atoms with Crippen LogP contribution in [0.4, 0.5) is 5.82 Å². The number of nitrogens with zero attached hydrogens (tertiary/aromatic N) is 2. The summed E-state index contributed by atoms with van der Waals surface area (Å²) in [4.78, 5) is 12.4. The summed E-state index contributed by atoms with van der Waals surface area (Å²) in [6.45, 7) is 3.96. The number of hydrogen-bond donors (Lipinski definition) is 2. The molecule has 1 saturated heterocycles. The van der Waals surface area contributed by atoms with Gasteiger partial charge >= 0.3 is 0 Å². The predicted octanol–water partition coefficient (Wildman–Crippen LogP) is 2.09. The Morgan fingerprint density at radius 1 is 1.50 bits per heavy atom. The maximum atomic E-state index is 12.4. The van der Waals surface area contributed by atoms with Gasteiger partial charge in [-0.2, -0.15) is 5.10 Å². The van der Waals surface area contributed by atoms with Gasteiger partial charge in [-0.25, -0.2) is 0 Å². The number of ether oxygens (including phenoxy) is 1. The Balaban J connectivity index is 1.55. The molecule has 2 unspecified atom stereocenters. The van der Waals surface area contributed by atoms with Crippen LogP contribution in [0.25, 0.3) is 0 Å². The van der Waals surface area contributed by atoms with Crippen LogP contribution < -0.4 is 10.6 Å². The van der Waals surface area contributed by atoms with Crippen molar-refractivity contribution in [2.45, 2.75) is 63.7 Å². The summed E-state index contributed by atoms with van der Waals surface area (Å²) in [6, 6.07) is 2.25. The van der Waals surface area contributed by atoms with E-state index >= 15 is 0 Å². The van der Waals surface area contributed by atoms with Crippen LogP contribution in [-0.2, 0) is 9.53 Å². The van der Waals surface area contributed by atoms with Crippen molar-refractivity contribution in [1.29, 1.82) is 0 Å². The average Bonchev–Trinajstić information content (AvgIpc) is 3.25. The van der Waals surface area contributed by atoms with Gasteiger partial charge in [0, 0.05) is 18.8 Å². The first kappa shape index (κ1) is 15.5. The lowest BCUT2D eigenvalue weighted by Crippen LogP contribution is -2.33. The van der Waals surface area contributed by atoms with Crippen LogP contribution >= 0.6 is 0 Å². The molecule has 0 radical (unpaired) electrons. The Morgan fingerprint density at radius 3 is 3.00 bits per heavy atom. The van der Waals surface area contributed by atoms with Crippen molar-refractivity contribution >= 4 is 11.7 Å². The molecule has 1 aromatic heterocycles. The zero-order valence-corrected chi connectivity index (χ0v) is 13.3. The van der Waals surface area contributed by atoms with Crippen LogP contribution in [-0.4, -0.2) is 41.0 Å². The number of carbonyl (C=O) groups is 1. The minimum absolute atomic E-state index is 0.0794. The largest absolute Gasteiger partial charge is 0.365 e. The van der Waals surface area contributed by atoms with Gasteiger partial charge in [-0.1, -0.05) is 19.8 Å². The Labute approximate surface area is 131 Å². The highest BCUT2D eigenvalue weighted by Crippen LogP contribution is 2.23.